The van der Waals surface area contributed by atoms with Crippen LogP contribution >= 0.6 is 0 Å². The van der Waals surface area contributed by atoms with E-state index in [1.54, 1.807) is 24.5 Å². The van der Waals surface area contributed by atoms with Crippen LogP contribution in [0.3, 0.4) is 0 Å². The molecule has 6 nitrogen and oxygen atoms in total. The Labute approximate surface area is 178 Å². The van der Waals surface area contributed by atoms with Crippen LogP contribution in [0.2, 0.25) is 0 Å². The van der Waals surface area contributed by atoms with Gasteiger partial charge in [-0.3, -0.25) is 19.5 Å². The van der Waals surface area contributed by atoms with E-state index in [9.17, 15) is 9.59 Å². The van der Waals surface area contributed by atoms with Crippen LogP contribution in [-0.2, 0) is 14.3 Å². The third-order valence-corrected chi connectivity index (χ3v) is 4.99. The number of amides is 2. The second-order valence-electron chi connectivity index (χ2n) is 8.49. The van der Waals surface area contributed by atoms with E-state index in [2.05, 4.69) is 16.9 Å². The summed E-state index contributed by atoms with van der Waals surface area (Å²) in [4.78, 5) is 31.8. The highest BCUT2D eigenvalue weighted by molar-refractivity contribution is 6.06. The highest BCUT2D eigenvalue weighted by atomic mass is 16.5. The predicted molar refractivity (Wildman–Crippen MR) is 117 cm³/mol. The van der Waals surface area contributed by atoms with E-state index in [0.29, 0.717) is 23.8 Å². The van der Waals surface area contributed by atoms with Crippen molar-refractivity contribution in [3.8, 4) is 0 Å². The molecule has 1 aliphatic heterocycles. The number of rotatable bonds is 6. The van der Waals surface area contributed by atoms with E-state index < -0.39 is 11.6 Å². The lowest BCUT2D eigenvalue weighted by Gasteiger charge is -2.33. The second kappa shape index (κ2) is 9.22. The number of nitrogens with one attached hydrogen (secondary N) is 1. The highest BCUT2D eigenvalue weighted by Crippen LogP contribution is 2.31. The lowest BCUT2D eigenvalue weighted by molar-refractivity contribution is -0.126. The number of ether oxygens (including phenoxy) is 1. The fourth-order valence-corrected chi connectivity index (χ4v) is 3.60. The monoisotopic (exact) mass is 407 g/mol. The van der Waals surface area contributed by atoms with Gasteiger partial charge in [-0.15, -0.1) is 0 Å². The van der Waals surface area contributed by atoms with Gasteiger partial charge in [0.15, 0.2) is 0 Å². The molecule has 0 bridgehead atoms. The first-order valence-corrected chi connectivity index (χ1v) is 10.2. The molecule has 2 amide bonds. The third kappa shape index (κ3) is 5.13. The van der Waals surface area contributed by atoms with Gasteiger partial charge in [-0.25, -0.2) is 0 Å². The number of aromatic nitrogens is 1. The number of anilines is 1. The van der Waals surface area contributed by atoms with Gasteiger partial charge in [0.1, 0.15) is 6.04 Å². The molecule has 1 aromatic heterocycles. The van der Waals surface area contributed by atoms with Gasteiger partial charge < -0.3 is 10.1 Å². The Balaban J connectivity index is 2.02. The average Bonchev–Trinajstić information content (AvgIpc) is 3.25. The van der Waals surface area contributed by atoms with Crippen molar-refractivity contribution < 1.29 is 14.3 Å². The van der Waals surface area contributed by atoms with Crippen LogP contribution in [-0.4, -0.2) is 35.6 Å². The molecule has 3 rings (SSSR count). The van der Waals surface area contributed by atoms with Crippen LogP contribution in [0.5, 0.6) is 0 Å². The van der Waals surface area contributed by atoms with Crippen molar-refractivity contribution in [3.63, 3.8) is 0 Å². The lowest BCUT2D eigenvalue weighted by Crippen LogP contribution is -2.49. The molecule has 2 unspecified atom stereocenters. The standard InChI is InChI=1S/C24H29N3O3/c1-5-21(28)27(20-10-8-17(9-11-20)19-12-14-30-16-19)22(18-7-6-13-25-15-18)23(29)26-24(2,3)4/h5-11,13,15,19,22H,1,12,14,16H2,2-4H3,(H,26,29). The summed E-state index contributed by atoms with van der Waals surface area (Å²) in [5.41, 5.74) is 1.97. The van der Waals surface area contributed by atoms with Crippen molar-refractivity contribution in [1.82, 2.24) is 10.3 Å². The molecule has 0 aliphatic carbocycles. The minimum absolute atomic E-state index is 0.279. The SMILES string of the molecule is C=CC(=O)N(c1ccc(C2CCOC2)cc1)C(C(=O)NC(C)(C)C)c1cccnc1. The molecule has 1 aliphatic rings. The van der Waals surface area contributed by atoms with Crippen LogP contribution in [0.4, 0.5) is 5.69 Å². The molecule has 0 spiro atoms. The van der Waals surface area contributed by atoms with Crippen LogP contribution in [0.25, 0.3) is 0 Å². The summed E-state index contributed by atoms with van der Waals surface area (Å²) < 4.78 is 5.48. The van der Waals surface area contributed by atoms with E-state index in [0.717, 1.165) is 13.0 Å². The van der Waals surface area contributed by atoms with Crippen molar-refractivity contribution in [1.29, 1.82) is 0 Å². The smallest absolute Gasteiger partial charge is 0.251 e. The Morgan fingerprint density at radius 1 is 1.27 bits per heavy atom. The van der Waals surface area contributed by atoms with E-state index in [-0.39, 0.29) is 11.8 Å². The largest absolute Gasteiger partial charge is 0.381 e. The molecule has 30 heavy (non-hydrogen) atoms. The van der Waals surface area contributed by atoms with Crippen LogP contribution in [0.1, 0.15) is 50.3 Å². The van der Waals surface area contributed by atoms with Gasteiger partial charge in [0, 0.05) is 41.7 Å². The predicted octanol–water partition coefficient (Wildman–Crippen LogP) is 3.76. The van der Waals surface area contributed by atoms with Gasteiger partial charge in [-0.05, 0) is 57.0 Å². The van der Waals surface area contributed by atoms with Crippen molar-refractivity contribution in [3.05, 3.63) is 72.6 Å². The first kappa shape index (κ1) is 21.7. The maximum absolute atomic E-state index is 13.3. The van der Waals surface area contributed by atoms with Crippen LogP contribution in [0, 0.1) is 0 Å². The van der Waals surface area contributed by atoms with E-state index >= 15 is 0 Å². The van der Waals surface area contributed by atoms with Gasteiger partial charge in [-0.1, -0.05) is 24.8 Å². The number of pyridine rings is 1. The molecule has 0 saturated carbocycles. The summed E-state index contributed by atoms with van der Waals surface area (Å²) in [6, 6.07) is 10.4. The van der Waals surface area contributed by atoms with Gasteiger partial charge in [-0.2, -0.15) is 0 Å². The number of nitrogens with zero attached hydrogens (tertiary/aromatic N) is 2. The van der Waals surface area contributed by atoms with E-state index in [1.807, 2.05) is 45.0 Å². The third-order valence-electron chi connectivity index (χ3n) is 4.99. The van der Waals surface area contributed by atoms with Crippen LogP contribution < -0.4 is 10.2 Å². The second-order valence-corrected chi connectivity index (χ2v) is 8.49. The summed E-state index contributed by atoms with van der Waals surface area (Å²) in [5, 5.41) is 2.99. The molecule has 0 radical (unpaired) electrons. The zero-order valence-electron chi connectivity index (χ0n) is 17.8. The lowest BCUT2D eigenvalue weighted by atomic mass is 9.97. The highest BCUT2D eigenvalue weighted by Gasteiger charge is 2.33. The maximum Gasteiger partial charge on any atom is 0.251 e. The van der Waals surface area contributed by atoms with Crippen molar-refractivity contribution in [2.45, 2.75) is 44.7 Å². The van der Waals surface area contributed by atoms with Crippen molar-refractivity contribution in [2.24, 2.45) is 0 Å². The summed E-state index contributed by atoms with van der Waals surface area (Å²) in [6.45, 7) is 10.8. The normalized spacial score (nSPS) is 17.2. The van der Waals surface area contributed by atoms with Crippen LogP contribution in [0.15, 0.2) is 61.4 Å². The first-order chi connectivity index (χ1) is 14.3. The van der Waals surface area contributed by atoms with Gasteiger partial charge in [0.2, 0.25) is 5.91 Å². The summed E-state index contributed by atoms with van der Waals surface area (Å²) in [7, 11) is 0. The quantitative estimate of drug-likeness (QED) is 0.740. The Morgan fingerprint density at radius 3 is 2.53 bits per heavy atom. The van der Waals surface area contributed by atoms with E-state index in [4.69, 9.17) is 4.74 Å². The Bertz CT molecular complexity index is 882. The topological polar surface area (TPSA) is 71.5 Å². The fourth-order valence-electron chi connectivity index (χ4n) is 3.60. The molecule has 1 fully saturated rings. The summed E-state index contributed by atoms with van der Waals surface area (Å²) in [5.74, 6) is -0.273. The summed E-state index contributed by atoms with van der Waals surface area (Å²) >= 11 is 0. The molecule has 2 atom stereocenters. The molecule has 1 saturated heterocycles. The molecule has 158 valence electrons. The summed E-state index contributed by atoms with van der Waals surface area (Å²) in [6.07, 6.45) is 5.47. The number of benzene rings is 1. The molecule has 2 aromatic rings. The molecule has 1 N–H and O–H groups in total. The minimum atomic E-state index is -0.871. The van der Waals surface area contributed by atoms with E-state index in [1.165, 1.54) is 16.5 Å². The van der Waals surface area contributed by atoms with Crippen molar-refractivity contribution in [2.75, 3.05) is 18.1 Å². The zero-order valence-corrected chi connectivity index (χ0v) is 17.8. The number of carbonyl (C=O) groups excluding carboxylic acids is 2. The average molecular weight is 408 g/mol. The van der Waals surface area contributed by atoms with Gasteiger partial charge in [0.05, 0.1) is 6.61 Å². The maximum atomic E-state index is 13.3. The Morgan fingerprint density at radius 2 is 2.00 bits per heavy atom. The minimum Gasteiger partial charge on any atom is -0.381 e. The number of hydrogen-bond acceptors (Lipinski definition) is 4. The molecular weight excluding hydrogens is 378 g/mol. The first-order valence-electron chi connectivity index (χ1n) is 10.2. The molecule has 2 heterocycles. The molecule has 6 heteroatoms. The van der Waals surface area contributed by atoms with Crippen molar-refractivity contribution >= 4 is 17.5 Å². The number of hydrogen-bond donors (Lipinski definition) is 1. The number of carbonyl (C=O) groups is 2. The molecule has 1 aromatic carbocycles. The van der Waals surface area contributed by atoms with Gasteiger partial charge in [0.25, 0.3) is 5.91 Å². The Kier molecular flexibility index (Phi) is 6.67. The Hall–Kier alpha value is -2.99. The zero-order chi connectivity index (χ0) is 21.7. The van der Waals surface area contributed by atoms with Gasteiger partial charge >= 0.3 is 0 Å². The fraction of sp³-hybridized carbons (Fsp3) is 0.375. The molecular formula is C24H29N3O3.